The van der Waals surface area contributed by atoms with E-state index in [4.69, 9.17) is 0 Å². The third kappa shape index (κ3) is 4.50. The van der Waals surface area contributed by atoms with Gasteiger partial charge in [0, 0.05) is 18.4 Å². The molecule has 0 fully saturated rings. The Labute approximate surface area is 93.7 Å². The second kappa shape index (κ2) is 7.49. The van der Waals surface area contributed by atoms with Gasteiger partial charge in [-0.3, -0.25) is 4.68 Å². The number of unbranched alkanes of at least 4 members (excludes halogenated alkanes) is 4. The first-order valence-electron chi connectivity index (χ1n) is 6.39. The lowest BCUT2D eigenvalue weighted by Crippen LogP contribution is -2.05. The first-order chi connectivity index (χ1) is 7.38. The van der Waals surface area contributed by atoms with Crippen molar-refractivity contribution >= 4 is 0 Å². The van der Waals surface area contributed by atoms with E-state index in [0.717, 1.165) is 6.54 Å². The summed E-state index contributed by atoms with van der Waals surface area (Å²) in [6.45, 7) is 5.59. The first kappa shape index (κ1) is 12.3. The molecular formula is C13H24N2. The van der Waals surface area contributed by atoms with E-state index in [1.54, 1.807) is 0 Å². The predicted molar refractivity (Wildman–Crippen MR) is 65.0 cm³/mol. The van der Waals surface area contributed by atoms with E-state index in [-0.39, 0.29) is 0 Å². The van der Waals surface area contributed by atoms with Crippen molar-refractivity contribution < 1.29 is 0 Å². The summed E-state index contributed by atoms with van der Waals surface area (Å²) in [6, 6.07) is 2.17. The molecule has 0 saturated carbocycles. The quantitative estimate of drug-likeness (QED) is 0.594. The van der Waals surface area contributed by atoms with E-state index >= 15 is 0 Å². The molecule has 0 amide bonds. The van der Waals surface area contributed by atoms with E-state index < -0.39 is 0 Å². The third-order valence-electron chi connectivity index (χ3n) is 2.81. The Kier molecular flexibility index (Phi) is 6.14. The molecule has 0 aliphatic heterocycles. The Bertz CT molecular complexity index is 228. The molecule has 1 aromatic heterocycles. The zero-order chi connectivity index (χ0) is 10.9. The maximum atomic E-state index is 4.38. The van der Waals surface area contributed by atoms with Crippen molar-refractivity contribution in [3.63, 3.8) is 0 Å². The van der Waals surface area contributed by atoms with Crippen LogP contribution in [-0.2, 0) is 13.0 Å². The summed E-state index contributed by atoms with van der Waals surface area (Å²) >= 11 is 0. The van der Waals surface area contributed by atoms with Gasteiger partial charge >= 0.3 is 0 Å². The Hall–Kier alpha value is -0.790. The van der Waals surface area contributed by atoms with Crippen molar-refractivity contribution in [1.29, 1.82) is 0 Å². The van der Waals surface area contributed by atoms with Gasteiger partial charge in [0.25, 0.3) is 0 Å². The van der Waals surface area contributed by atoms with E-state index in [9.17, 15) is 0 Å². The summed E-state index contributed by atoms with van der Waals surface area (Å²) in [5.74, 6) is 0. The maximum Gasteiger partial charge on any atom is 0.0492 e. The number of hydrogen-bond donors (Lipinski definition) is 0. The van der Waals surface area contributed by atoms with Crippen LogP contribution < -0.4 is 0 Å². The molecule has 0 saturated heterocycles. The molecule has 1 heterocycles. The Morgan fingerprint density at radius 1 is 1.07 bits per heavy atom. The van der Waals surface area contributed by atoms with Crippen molar-refractivity contribution in [3.8, 4) is 0 Å². The van der Waals surface area contributed by atoms with Crippen LogP contribution in [0, 0.1) is 0 Å². The van der Waals surface area contributed by atoms with Gasteiger partial charge in [0.05, 0.1) is 0 Å². The van der Waals surface area contributed by atoms with E-state index in [1.807, 2.05) is 6.20 Å². The summed E-state index contributed by atoms with van der Waals surface area (Å²) in [7, 11) is 0. The lowest BCUT2D eigenvalue weighted by Gasteiger charge is -2.06. The van der Waals surface area contributed by atoms with Crippen LogP contribution in [0.15, 0.2) is 12.3 Å². The van der Waals surface area contributed by atoms with Gasteiger partial charge in [-0.2, -0.15) is 5.10 Å². The second-order valence-electron chi connectivity index (χ2n) is 4.21. The Morgan fingerprint density at radius 3 is 2.53 bits per heavy atom. The minimum atomic E-state index is 1.10. The fraction of sp³-hybridized carbons (Fsp3) is 0.769. The molecule has 0 unspecified atom stereocenters. The molecule has 0 bridgehead atoms. The van der Waals surface area contributed by atoms with Gasteiger partial charge in [0.1, 0.15) is 0 Å². The number of nitrogens with zero attached hydrogens (tertiary/aromatic N) is 2. The maximum absolute atomic E-state index is 4.38. The molecule has 0 aliphatic rings. The van der Waals surface area contributed by atoms with Crippen LogP contribution in [0.3, 0.4) is 0 Å². The summed E-state index contributed by atoms with van der Waals surface area (Å²) < 4.78 is 2.19. The molecule has 0 N–H and O–H groups in total. The van der Waals surface area contributed by atoms with Crippen LogP contribution in [0.2, 0.25) is 0 Å². The highest BCUT2D eigenvalue weighted by molar-refractivity contribution is 5.00. The Balaban J connectivity index is 2.32. The second-order valence-corrected chi connectivity index (χ2v) is 4.21. The summed E-state index contributed by atoms with van der Waals surface area (Å²) in [5.41, 5.74) is 1.42. The van der Waals surface area contributed by atoms with Crippen LogP contribution in [0.5, 0.6) is 0 Å². The minimum Gasteiger partial charge on any atom is -0.270 e. The number of aromatic nitrogens is 2. The van der Waals surface area contributed by atoms with E-state index in [2.05, 4.69) is 29.7 Å². The van der Waals surface area contributed by atoms with Crippen LogP contribution in [-0.4, -0.2) is 9.78 Å². The SMILES string of the molecule is CCCCCc1ccnn1CCCCC. The van der Waals surface area contributed by atoms with Gasteiger partial charge in [0.2, 0.25) is 0 Å². The summed E-state index contributed by atoms with van der Waals surface area (Å²) in [6.07, 6.45) is 10.9. The van der Waals surface area contributed by atoms with Crippen molar-refractivity contribution in [1.82, 2.24) is 9.78 Å². The van der Waals surface area contributed by atoms with Gasteiger partial charge < -0.3 is 0 Å². The third-order valence-corrected chi connectivity index (χ3v) is 2.81. The highest BCUT2D eigenvalue weighted by atomic mass is 15.3. The summed E-state index contributed by atoms with van der Waals surface area (Å²) in [4.78, 5) is 0. The molecule has 86 valence electrons. The fourth-order valence-corrected chi connectivity index (χ4v) is 1.84. The zero-order valence-electron chi connectivity index (χ0n) is 10.2. The van der Waals surface area contributed by atoms with E-state index in [0.29, 0.717) is 0 Å². The molecule has 1 aromatic rings. The highest BCUT2D eigenvalue weighted by Gasteiger charge is 2.01. The van der Waals surface area contributed by atoms with Crippen molar-refractivity contribution in [3.05, 3.63) is 18.0 Å². The van der Waals surface area contributed by atoms with Crippen LogP contribution in [0.1, 0.15) is 58.1 Å². The van der Waals surface area contributed by atoms with Gasteiger partial charge in [-0.05, 0) is 25.3 Å². The zero-order valence-corrected chi connectivity index (χ0v) is 10.2. The van der Waals surface area contributed by atoms with Crippen molar-refractivity contribution in [2.45, 2.75) is 65.3 Å². The summed E-state index contributed by atoms with van der Waals surface area (Å²) in [5, 5.41) is 4.38. The molecule has 2 nitrogen and oxygen atoms in total. The average Bonchev–Trinajstić information content (AvgIpc) is 2.67. The molecule has 0 aliphatic carbocycles. The molecule has 2 heteroatoms. The molecule has 1 rings (SSSR count). The van der Waals surface area contributed by atoms with Crippen LogP contribution in [0.4, 0.5) is 0 Å². The monoisotopic (exact) mass is 208 g/mol. The van der Waals surface area contributed by atoms with Gasteiger partial charge in [-0.15, -0.1) is 0 Å². The van der Waals surface area contributed by atoms with Gasteiger partial charge in [0.15, 0.2) is 0 Å². The lowest BCUT2D eigenvalue weighted by molar-refractivity contribution is 0.526. The highest BCUT2D eigenvalue weighted by Crippen LogP contribution is 2.08. The van der Waals surface area contributed by atoms with Crippen LogP contribution in [0.25, 0.3) is 0 Å². The molecular weight excluding hydrogens is 184 g/mol. The molecule has 0 aromatic carbocycles. The molecule has 0 radical (unpaired) electrons. The standard InChI is InChI=1S/C13H24N2/c1-3-5-7-9-13-10-11-14-15(13)12-8-6-4-2/h10-11H,3-9,12H2,1-2H3. The van der Waals surface area contributed by atoms with Gasteiger partial charge in [-0.25, -0.2) is 0 Å². The number of aryl methyl sites for hydroxylation is 2. The molecule has 0 spiro atoms. The Morgan fingerprint density at radius 2 is 1.80 bits per heavy atom. The van der Waals surface area contributed by atoms with Gasteiger partial charge in [-0.1, -0.05) is 39.5 Å². The molecule has 0 atom stereocenters. The lowest BCUT2D eigenvalue weighted by atomic mass is 10.1. The average molecular weight is 208 g/mol. The normalized spacial score (nSPS) is 10.8. The van der Waals surface area contributed by atoms with Crippen molar-refractivity contribution in [2.75, 3.05) is 0 Å². The number of rotatable bonds is 8. The largest absolute Gasteiger partial charge is 0.270 e. The minimum absolute atomic E-state index is 1.10. The van der Waals surface area contributed by atoms with Crippen molar-refractivity contribution in [2.24, 2.45) is 0 Å². The van der Waals surface area contributed by atoms with E-state index in [1.165, 1.54) is 50.6 Å². The smallest absolute Gasteiger partial charge is 0.0492 e. The first-order valence-corrected chi connectivity index (χ1v) is 6.39. The van der Waals surface area contributed by atoms with Crippen LogP contribution >= 0.6 is 0 Å². The number of hydrogen-bond acceptors (Lipinski definition) is 1. The predicted octanol–water partition coefficient (Wildman–Crippen LogP) is 3.81. The fourth-order valence-electron chi connectivity index (χ4n) is 1.84. The topological polar surface area (TPSA) is 17.8 Å². The molecule has 15 heavy (non-hydrogen) atoms.